The molecule has 0 saturated heterocycles. The van der Waals surface area contributed by atoms with Crippen molar-refractivity contribution in [3.05, 3.63) is 58.6 Å². The second kappa shape index (κ2) is 13.9. The van der Waals surface area contributed by atoms with Crippen molar-refractivity contribution < 1.29 is 64.9 Å². The fourth-order valence-corrected chi connectivity index (χ4v) is 7.15. The second-order valence-corrected chi connectivity index (χ2v) is 15.7. The molecule has 0 radical (unpaired) electrons. The molecule has 0 amide bonds. The predicted molar refractivity (Wildman–Crippen MR) is 169 cm³/mol. The third-order valence-corrected chi connectivity index (χ3v) is 10.0. The number of benzene rings is 4. The molecule has 25 heteroatoms. The van der Waals surface area contributed by atoms with E-state index < -0.39 is 101 Å². The summed E-state index contributed by atoms with van der Waals surface area (Å²) in [6.45, 7) is 0. The van der Waals surface area contributed by atoms with E-state index in [2.05, 4.69) is 20.5 Å². The van der Waals surface area contributed by atoms with Crippen LogP contribution in [-0.4, -0.2) is 85.3 Å². The Balaban J connectivity index is 0.00000600. The van der Waals surface area contributed by atoms with Crippen LogP contribution in [0.15, 0.2) is 78.8 Å². The van der Waals surface area contributed by atoms with Crippen molar-refractivity contribution in [1.82, 2.24) is 0 Å². The summed E-state index contributed by atoms with van der Waals surface area (Å²) in [5, 5.41) is 32.9. The summed E-state index contributed by atoms with van der Waals surface area (Å²) in [6, 6.07) is 6.90. The van der Waals surface area contributed by atoms with Crippen LogP contribution in [-0.2, 0) is 29.4 Å². The molecule has 0 fully saturated rings. The van der Waals surface area contributed by atoms with Crippen LogP contribution in [0, 0.1) is 0 Å². The summed E-state index contributed by atoms with van der Waals surface area (Å²) in [4.78, 5) is 36.0. The topological polar surface area (TPSA) is 314 Å². The first-order valence-corrected chi connectivity index (χ1v) is 18.4. The van der Waals surface area contributed by atoms with Crippen molar-refractivity contribution in [2.24, 2.45) is 20.5 Å². The summed E-state index contributed by atoms with van der Waals surface area (Å²) in [7, 11) is -20.8. The molecular formula is C22H17Cl2N4NaO14P2S2. The van der Waals surface area contributed by atoms with Crippen LogP contribution >= 0.6 is 38.4 Å². The van der Waals surface area contributed by atoms with E-state index in [0.717, 1.165) is 36.4 Å². The average molecular weight is 781 g/mol. The molecule has 0 aromatic heterocycles. The fourth-order valence-electron chi connectivity index (χ4n) is 3.88. The standard InChI is InChI=1S/C22H16Cl2N4O14P2S2.Na.H/c23-10-1-3-12(14(7-10)43(31,32)33)25-27-19-16(45(37,38)39)5-9-6-17(46(40,41)42)20(22(30)18(9)21(19)29)28-26-13-4-2-11(24)8-15(13)44(34,35)36;;/h1-8,29-30H,(H2,31,32,33)(H2,34,35,36)(H,37,38,39)(H,40,41,42);;. The Morgan fingerprint density at radius 1 is 0.596 bits per heavy atom. The van der Waals surface area contributed by atoms with Gasteiger partial charge in [-0.25, -0.2) is 0 Å². The number of halogens is 2. The van der Waals surface area contributed by atoms with E-state index in [-0.39, 0.29) is 39.6 Å². The summed E-state index contributed by atoms with van der Waals surface area (Å²) < 4.78 is 92.4. The van der Waals surface area contributed by atoms with E-state index in [0.29, 0.717) is 12.1 Å². The minimum absolute atomic E-state index is 0. The van der Waals surface area contributed by atoms with Crippen LogP contribution in [0.4, 0.5) is 22.7 Å². The number of rotatable bonds is 8. The van der Waals surface area contributed by atoms with Gasteiger partial charge in [0.25, 0.3) is 20.2 Å². The molecule has 0 bridgehead atoms. The van der Waals surface area contributed by atoms with E-state index in [4.69, 9.17) is 23.2 Å². The molecule has 0 heterocycles. The quantitative estimate of drug-likeness (QED) is 0.0545. The van der Waals surface area contributed by atoms with Gasteiger partial charge in [0.05, 0.1) is 16.0 Å². The molecule has 0 unspecified atom stereocenters. The molecule has 4 aromatic carbocycles. The Morgan fingerprint density at radius 3 is 1.23 bits per heavy atom. The molecular weight excluding hydrogens is 764 g/mol. The van der Waals surface area contributed by atoms with Gasteiger partial charge < -0.3 is 29.8 Å². The summed E-state index contributed by atoms with van der Waals surface area (Å²) in [5.74, 6) is -2.61. The SMILES string of the molecule is O=P(O)(O)c1cc(Cl)ccc1N=Nc1c(S(=O)(=O)O)cc2cc(S(=O)(=O)O)c(N=Nc3ccc(Cl)cc3P(=O)(O)O)c(O)c2c1O.[NaH]. The zero-order chi connectivity index (χ0) is 34.6. The Bertz CT molecular complexity index is 2170. The molecule has 246 valence electrons. The van der Waals surface area contributed by atoms with Crippen molar-refractivity contribution >= 4 is 132 Å². The van der Waals surface area contributed by atoms with Crippen LogP contribution in [0.2, 0.25) is 10.0 Å². The third kappa shape index (κ3) is 8.63. The number of azo groups is 2. The van der Waals surface area contributed by atoms with Crippen LogP contribution in [0.3, 0.4) is 0 Å². The summed E-state index contributed by atoms with van der Waals surface area (Å²) in [6.07, 6.45) is 0. The van der Waals surface area contributed by atoms with Gasteiger partial charge in [0.2, 0.25) is 0 Å². The van der Waals surface area contributed by atoms with Crippen LogP contribution in [0.1, 0.15) is 0 Å². The first kappa shape index (κ1) is 39.1. The molecule has 4 rings (SSSR count). The van der Waals surface area contributed by atoms with E-state index >= 15 is 0 Å². The van der Waals surface area contributed by atoms with Crippen molar-refractivity contribution in [3.63, 3.8) is 0 Å². The minimum atomic E-state index is -5.35. The Morgan fingerprint density at radius 2 is 0.936 bits per heavy atom. The molecule has 47 heavy (non-hydrogen) atoms. The van der Waals surface area contributed by atoms with Crippen LogP contribution in [0.5, 0.6) is 11.5 Å². The van der Waals surface area contributed by atoms with E-state index in [9.17, 15) is 64.9 Å². The molecule has 0 atom stereocenters. The van der Waals surface area contributed by atoms with Gasteiger partial charge in [-0.2, -0.15) is 16.8 Å². The van der Waals surface area contributed by atoms with Gasteiger partial charge in [-0.05, 0) is 53.9 Å². The maximum absolute atomic E-state index is 12.2. The first-order valence-electron chi connectivity index (χ1n) is 11.6. The van der Waals surface area contributed by atoms with E-state index in [1.807, 2.05) is 0 Å². The number of fused-ring (bicyclic) bond motifs is 1. The van der Waals surface area contributed by atoms with Crippen molar-refractivity contribution in [1.29, 1.82) is 0 Å². The molecule has 18 nitrogen and oxygen atoms in total. The average Bonchev–Trinajstić information content (AvgIpc) is 2.90. The van der Waals surface area contributed by atoms with Crippen LogP contribution in [0.25, 0.3) is 10.8 Å². The van der Waals surface area contributed by atoms with Gasteiger partial charge in [0.1, 0.15) is 32.5 Å². The molecule has 0 spiro atoms. The van der Waals surface area contributed by atoms with Gasteiger partial charge >= 0.3 is 44.7 Å². The van der Waals surface area contributed by atoms with Gasteiger partial charge in [-0.3, -0.25) is 18.2 Å². The molecule has 8 N–H and O–H groups in total. The molecule has 0 aliphatic carbocycles. The predicted octanol–water partition coefficient (Wildman–Crippen LogP) is 3.84. The Kier molecular flexibility index (Phi) is 11.5. The zero-order valence-corrected chi connectivity index (χ0v) is 26.8. The third-order valence-electron chi connectivity index (χ3n) is 5.82. The molecule has 0 aliphatic heterocycles. The van der Waals surface area contributed by atoms with Gasteiger partial charge in [0, 0.05) is 10.0 Å². The number of phenols is 2. The first-order chi connectivity index (χ1) is 21.0. The Labute approximate surface area is 295 Å². The van der Waals surface area contributed by atoms with Gasteiger partial charge in [0.15, 0.2) is 11.5 Å². The summed E-state index contributed by atoms with van der Waals surface area (Å²) in [5.41, 5.74) is -3.38. The summed E-state index contributed by atoms with van der Waals surface area (Å²) >= 11 is 11.6. The van der Waals surface area contributed by atoms with Gasteiger partial charge in [-0.1, -0.05) is 23.2 Å². The van der Waals surface area contributed by atoms with Crippen molar-refractivity contribution in [2.75, 3.05) is 0 Å². The van der Waals surface area contributed by atoms with E-state index in [1.54, 1.807) is 0 Å². The van der Waals surface area contributed by atoms with E-state index in [1.165, 1.54) is 0 Å². The number of hydrogen-bond acceptors (Lipinski definition) is 12. The number of aromatic hydroxyl groups is 2. The Hall–Kier alpha value is -2.36. The molecule has 0 saturated carbocycles. The van der Waals surface area contributed by atoms with Crippen molar-refractivity contribution in [3.8, 4) is 11.5 Å². The number of phenolic OH excluding ortho intramolecular Hbond substituents is 2. The second-order valence-electron chi connectivity index (χ2n) is 8.95. The fraction of sp³-hybridized carbons (Fsp3) is 0. The molecule has 4 aromatic rings. The maximum atomic E-state index is 12.2. The number of nitrogens with zero attached hydrogens (tertiary/aromatic N) is 4. The monoisotopic (exact) mass is 780 g/mol. The van der Waals surface area contributed by atoms with Gasteiger partial charge in [-0.15, -0.1) is 20.5 Å². The normalized spacial score (nSPS) is 13.0. The zero-order valence-electron chi connectivity index (χ0n) is 21.9. The number of hydrogen-bond donors (Lipinski definition) is 8. The molecule has 0 aliphatic rings. The van der Waals surface area contributed by atoms with Crippen LogP contribution < -0.4 is 10.6 Å². The van der Waals surface area contributed by atoms with Crippen molar-refractivity contribution in [2.45, 2.75) is 9.79 Å².